The zero-order chi connectivity index (χ0) is 15.6. The third kappa shape index (κ3) is 2.97. The maximum atomic E-state index is 5.29. The number of methoxy groups -OCH3 is 1. The number of hydrogen-bond acceptors (Lipinski definition) is 3. The fourth-order valence-electron chi connectivity index (χ4n) is 2.80. The zero-order valence-electron chi connectivity index (χ0n) is 13.1. The van der Waals surface area contributed by atoms with Gasteiger partial charge in [-0.05, 0) is 30.5 Å². The minimum absolute atomic E-state index is 0.573. The third-order valence-corrected chi connectivity index (χ3v) is 4.15. The summed E-state index contributed by atoms with van der Waals surface area (Å²) in [5.74, 6) is 1.43. The van der Waals surface area contributed by atoms with Crippen molar-refractivity contribution in [3.05, 3.63) is 65.9 Å². The molecule has 0 atom stereocenters. The molecule has 4 heteroatoms. The summed E-state index contributed by atoms with van der Waals surface area (Å²) in [5.41, 5.74) is 4.45. The lowest BCUT2D eigenvalue weighted by atomic mass is 10.1. The molecule has 0 radical (unpaired) electrons. The maximum absolute atomic E-state index is 5.29. The van der Waals surface area contributed by atoms with Gasteiger partial charge in [0.1, 0.15) is 11.4 Å². The van der Waals surface area contributed by atoms with Gasteiger partial charge in [-0.15, -0.1) is 0 Å². The van der Waals surface area contributed by atoms with Gasteiger partial charge in [0.25, 0.3) is 0 Å². The molecule has 1 saturated carbocycles. The van der Waals surface area contributed by atoms with E-state index in [0.717, 1.165) is 28.3 Å². The van der Waals surface area contributed by atoms with Crippen LogP contribution >= 0.6 is 0 Å². The van der Waals surface area contributed by atoms with Crippen LogP contribution in [0.25, 0.3) is 11.3 Å². The summed E-state index contributed by atoms with van der Waals surface area (Å²) in [6.07, 6.45) is 2.44. The second-order valence-corrected chi connectivity index (χ2v) is 5.96. The molecule has 23 heavy (non-hydrogen) atoms. The number of hydrogen-bond donors (Lipinski definition) is 0. The van der Waals surface area contributed by atoms with E-state index in [4.69, 9.17) is 14.9 Å². The highest BCUT2D eigenvalue weighted by molar-refractivity contribution is 5.62. The van der Waals surface area contributed by atoms with E-state index in [1.54, 1.807) is 7.11 Å². The minimum atomic E-state index is 0.573. The van der Waals surface area contributed by atoms with Crippen LogP contribution in [0.2, 0.25) is 0 Å². The number of ether oxygens (including phenoxy) is 1. The topological polar surface area (TPSA) is 39.9 Å². The fraction of sp³-hybridized carbons (Fsp3) is 0.263. The molecule has 116 valence electrons. The van der Waals surface area contributed by atoms with Crippen LogP contribution in [0.3, 0.4) is 0 Å². The van der Waals surface area contributed by atoms with Gasteiger partial charge < -0.3 is 4.74 Å². The van der Waals surface area contributed by atoms with Gasteiger partial charge in [-0.25, -0.2) is 0 Å². The van der Waals surface area contributed by atoms with Gasteiger partial charge in [0.05, 0.1) is 19.3 Å². The molecule has 1 heterocycles. The summed E-state index contributed by atoms with van der Waals surface area (Å²) in [7, 11) is 1.68. The average Bonchev–Trinajstić information content (AvgIpc) is 3.37. The van der Waals surface area contributed by atoms with Crippen molar-refractivity contribution in [2.75, 3.05) is 7.11 Å². The Kier molecular flexibility index (Phi) is 3.58. The van der Waals surface area contributed by atoms with E-state index >= 15 is 0 Å². The average molecular weight is 305 g/mol. The summed E-state index contributed by atoms with van der Waals surface area (Å²) >= 11 is 0. The van der Waals surface area contributed by atoms with Crippen molar-refractivity contribution in [1.29, 1.82) is 0 Å². The predicted octanol–water partition coefficient (Wildman–Crippen LogP) is 3.88. The smallest absolute Gasteiger partial charge is 0.119 e. The first kappa shape index (κ1) is 14.0. The van der Waals surface area contributed by atoms with Crippen molar-refractivity contribution in [2.24, 2.45) is 0 Å². The minimum Gasteiger partial charge on any atom is -0.497 e. The molecule has 0 bridgehead atoms. The number of aromatic nitrogens is 3. The molecular formula is C19H19N3O. The van der Waals surface area contributed by atoms with Crippen LogP contribution in [0.1, 0.15) is 30.0 Å². The lowest BCUT2D eigenvalue weighted by Gasteiger charge is -2.03. The second kappa shape index (κ2) is 5.88. The molecular weight excluding hydrogens is 286 g/mol. The molecule has 0 spiro atoms. The molecule has 1 aliphatic rings. The summed E-state index contributed by atoms with van der Waals surface area (Å²) in [6, 6.07) is 18.4. The number of nitrogens with zero attached hydrogens (tertiary/aromatic N) is 3. The Labute approximate surface area is 135 Å². The van der Waals surface area contributed by atoms with Crippen molar-refractivity contribution in [2.45, 2.75) is 25.3 Å². The summed E-state index contributed by atoms with van der Waals surface area (Å²) < 4.78 is 5.29. The molecule has 0 aliphatic heterocycles. The van der Waals surface area contributed by atoms with Gasteiger partial charge in [0, 0.05) is 11.5 Å². The van der Waals surface area contributed by atoms with Crippen molar-refractivity contribution in [3.63, 3.8) is 0 Å². The van der Waals surface area contributed by atoms with Crippen molar-refractivity contribution in [3.8, 4) is 17.0 Å². The number of benzene rings is 2. The first-order chi connectivity index (χ1) is 11.3. The largest absolute Gasteiger partial charge is 0.497 e. The van der Waals surface area contributed by atoms with Crippen LogP contribution in [-0.4, -0.2) is 22.1 Å². The van der Waals surface area contributed by atoms with Gasteiger partial charge >= 0.3 is 0 Å². The van der Waals surface area contributed by atoms with Gasteiger partial charge in [-0.2, -0.15) is 15.0 Å². The molecule has 3 aromatic rings. The van der Waals surface area contributed by atoms with Gasteiger partial charge in [0.15, 0.2) is 0 Å². The lowest BCUT2D eigenvalue weighted by Crippen LogP contribution is -2.04. The van der Waals surface area contributed by atoms with E-state index in [1.165, 1.54) is 12.8 Å². The molecule has 4 nitrogen and oxygen atoms in total. The predicted molar refractivity (Wildman–Crippen MR) is 89.5 cm³/mol. The monoisotopic (exact) mass is 305 g/mol. The van der Waals surface area contributed by atoms with Crippen LogP contribution in [0.15, 0.2) is 54.6 Å². The summed E-state index contributed by atoms with van der Waals surface area (Å²) in [4.78, 5) is 1.81. The second-order valence-electron chi connectivity index (χ2n) is 5.96. The van der Waals surface area contributed by atoms with Crippen molar-refractivity contribution >= 4 is 0 Å². The third-order valence-electron chi connectivity index (χ3n) is 4.15. The van der Waals surface area contributed by atoms with Crippen LogP contribution in [0.4, 0.5) is 0 Å². The van der Waals surface area contributed by atoms with E-state index in [2.05, 4.69) is 18.2 Å². The SMILES string of the molecule is COc1cccc(Cn2nc(-c3ccccc3)c(C3CC3)n2)c1. The Balaban J connectivity index is 1.67. The molecule has 1 fully saturated rings. The highest BCUT2D eigenvalue weighted by atomic mass is 16.5. The van der Waals surface area contributed by atoms with E-state index in [9.17, 15) is 0 Å². The van der Waals surface area contributed by atoms with Crippen LogP contribution in [0.5, 0.6) is 5.75 Å². The molecule has 0 saturated heterocycles. The first-order valence-corrected chi connectivity index (χ1v) is 7.97. The highest BCUT2D eigenvalue weighted by Gasteiger charge is 2.30. The fourth-order valence-corrected chi connectivity index (χ4v) is 2.80. The van der Waals surface area contributed by atoms with Gasteiger partial charge in [0.2, 0.25) is 0 Å². The zero-order valence-corrected chi connectivity index (χ0v) is 13.1. The van der Waals surface area contributed by atoms with Gasteiger partial charge in [-0.1, -0.05) is 42.5 Å². The Morgan fingerprint density at radius 2 is 1.87 bits per heavy atom. The van der Waals surface area contributed by atoms with E-state index < -0.39 is 0 Å². The Morgan fingerprint density at radius 1 is 1.04 bits per heavy atom. The van der Waals surface area contributed by atoms with E-state index in [1.807, 2.05) is 41.2 Å². The van der Waals surface area contributed by atoms with Crippen LogP contribution in [-0.2, 0) is 6.54 Å². The van der Waals surface area contributed by atoms with Crippen molar-refractivity contribution < 1.29 is 4.74 Å². The normalized spacial score (nSPS) is 14.0. The molecule has 1 aromatic heterocycles. The molecule has 0 unspecified atom stereocenters. The molecule has 2 aromatic carbocycles. The Morgan fingerprint density at radius 3 is 2.61 bits per heavy atom. The van der Waals surface area contributed by atoms with E-state index in [-0.39, 0.29) is 0 Å². The van der Waals surface area contributed by atoms with Crippen LogP contribution < -0.4 is 4.74 Å². The Bertz CT molecular complexity index is 806. The molecule has 0 N–H and O–H groups in total. The number of rotatable bonds is 5. The molecule has 1 aliphatic carbocycles. The van der Waals surface area contributed by atoms with Crippen molar-refractivity contribution in [1.82, 2.24) is 15.0 Å². The Hall–Kier alpha value is -2.62. The van der Waals surface area contributed by atoms with E-state index in [0.29, 0.717) is 12.5 Å². The van der Waals surface area contributed by atoms with Crippen LogP contribution in [0, 0.1) is 0 Å². The quantitative estimate of drug-likeness (QED) is 0.718. The lowest BCUT2D eigenvalue weighted by molar-refractivity contribution is 0.414. The summed E-state index contributed by atoms with van der Waals surface area (Å²) in [5, 5.41) is 9.52. The van der Waals surface area contributed by atoms with Gasteiger partial charge in [-0.3, -0.25) is 0 Å². The summed E-state index contributed by atoms with van der Waals surface area (Å²) in [6.45, 7) is 0.657. The highest BCUT2D eigenvalue weighted by Crippen LogP contribution is 2.42. The first-order valence-electron chi connectivity index (χ1n) is 7.97. The molecule has 0 amide bonds. The standard InChI is InChI=1S/C19H19N3O/c1-23-17-9-5-6-14(12-17)13-22-20-18(15-7-3-2-4-8-15)19(21-22)16-10-11-16/h2-9,12,16H,10-11,13H2,1H3. The molecule has 4 rings (SSSR count). The maximum Gasteiger partial charge on any atom is 0.119 e.